The fraction of sp³-hybridized carbons (Fsp3) is 0.774. The monoisotopic (exact) mass is 478 g/mol. The van der Waals surface area contributed by atoms with Crippen molar-refractivity contribution in [2.75, 3.05) is 0 Å². The Balaban J connectivity index is 2.11. The number of hydrogen-bond donors (Lipinski definition) is 0. The highest BCUT2D eigenvalue weighted by Crippen LogP contribution is 2.45. The van der Waals surface area contributed by atoms with Gasteiger partial charge in [0.05, 0.1) is 0 Å². The molecule has 1 heterocycles. The summed E-state index contributed by atoms with van der Waals surface area (Å²) >= 11 is 0. The molecule has 0 saturated carbocycles. The molecule has 0 spiro atoms. The van der Waals surface area contributed by atoms with Crippen molar-refractivity contribution in [1.82, 2.24) is 0 Å². The van der Waals surface area contributed by atoms with E-state index in [1.54, 1.807) is 6.92 Å². The van der Waals surface area contributed by atoms with E-state index in [0.717, 1.165) is 38.0 Å². The lowest BCUT2D eigenvalue weighted by Crippen LogP contribution is -2.37. The van der Waals surface area contributed by atoms with Crippen LogP contribution in [0.2, 0.25) is 0 Å². The average molecular weight is 479 g/mol. The smallest absolute Gasteiger partial charge is 0.308 e. The molecule has 0 unspecified atom stereocenters. The minimum Gasteiger partial charge on any atom is -0.487 e. The highest BCUT2D eigenvalue weighted by molar-refractivity contribution is 5.72. The molecule has 0 aliphatic carbocycles. The Morgan fingerprint density at radius 3 is 2.12 bits per heavy atom. The molecule has 0 bridgehead atoms. The standard InChI is InChI=1S/C31H52O3/c1-21(2)13-10-14-22(3)15-11-16-23(4)17-12-19-31(9)20-18-28-26(7)29(33-27(8)32)24(5)25(6)30(28)34-31/h21-23H,10-20H2,1-9H3/t22-,23-,31-/m1/s1/i5D3,7D3. The van der Waals surface area contributed by atoms with Crippen LogP contribution in [0.1, 0.15) is 136 Å². The highest BCUT2D eigenvalue weighted by atomic mass is 16.5. The minimum absolute atomic E-state index is 0.219. The molecule has 1 aliphatic rings. The van der Waals surface area contributed by atoms with Crippen LogP contribution in [0.5, 0.6) is 11.5 Å². The van der Waals surface area contributed by atoms with Gasteiger partial charge in [0.15, 0.2) is 0 Å². The third-order valence-electron chi connectivity index (χ3n) is 7.52. The Bertz CT molecular complexity index is 999. The van der Waals surface area contributed by atoms with Crippen molar-refractivity contribution < 1.29 is 22.5 Å². The van der Waals surface area contributed by atoms with Crippen LogP contribution in [-0.2, 0) is 11.2 Å². The second-order valence-electron chi connectivity index (χ2n) is 11.5. The third-order valence-corrected chi connectivity index (χ3v) is 7.52. The third kappa shape index (κ3) is 8.31. The highest BCUT2D eigenvalue weighted by Gasteiger charge is 2.34. The first-order chi connectivity index (χ1) is 18.4. The summed E-state index contributed by atoms with van der Waals surface area (Å²) in [5, 5.41) is 0. The molecule has 3 nitrogen and oxygen atoms in total. The van der Waals surface area contributed by atoms with Gasteiger partial charge in [-0.25, -0.2) is 0 Å². The van der Waals surface area contributed by atoms with Crippen LogP contribution in [0.15, 0.2) is 0 Å². The van der Waals surface area contributed by atoms with Gasteiger partial charge in [0.25, 0.3) is 0 Å². The van der Waals surface area contributed by atoms with Crippen LogP contribution in [0.4, 0.5) is 0 Å². The molecule has 0 radical (unpaired) electrons. The van der Waals surface area contributed by atoms with E-state index in [-0.39, 0.29) is 16.9 Å². The van der Waals surface area contributed by atoms with Crippen molar-refractivity contribution in [3.63, 3.8) is 0 Å². The number of benzene rings is 1. The van der Waals surface area contributed by atoms with E-state index >= 15 is 0 Å². The zero-order valence-corrected chi connectivity index (χ0v) is 22.7. The van der Waals surface area contributed by atoms with E-state index in [1.165, 1.54) is 38.5 Å². The minimum atomic E-state index is -2.68. The first kappa shape index (κ1) is 20.7. The van der Waals surface area contributed by atoms with E-state index < -0.39 is 25.3 Å². The van der Waals surface area contributed by atoms with Crippen LogP contribution < -0.4 is 9.47 Å². The molecule has 2 rings (SSSR count). The molecule has 0 saturated heterocycles. The van der Waals surface area contributed by atoms with Gasteiger partial charge >= 0.3 is 5.97 Å². The van der Waals surface area contributed by atoms with Crippen molar-refractivity contribution in [3.8, 4) is 11.5 Å². The van der Waals surface area contributed by atoms with Gasteiger partial charge in [-0.15, -0.1) is 0 Å². The Kier molecular flexibility index (Phi) is 7.89. The zero-order valence-electron chi connectivity index (χ0n) is 28.7. The molecule has 0 fully saturated rings. The van der Waals surface area contributed by atoms with E-state index in [4.69, 9.17) is 17.7 Å². The maximum absolute atomic E-state index is 11.9. The molecule has 3 atom stereocenters. The molecule has 1 aromatic rings. The average Bonchev–Trinajstić information content (AvgIpc) is 2.77. The van der Waals surface area contributed by atoms with Gasteiger partial charge in [0.2, 0.25) is 0 Å². The number of fused-ring (bicyclic) bond motifs is 1. The van der Waals surface area contributed by atoms with E-state index in [1.807, 2.05) is 6.92 Å². The first-order valence-corrected chi connectivity index (χ1v) is 13.4. The number of rotatable bonds is 13. The van der Waals surface area contributed by atoms with Crippen LogP contribution >= 0.6 is 0 Å². The van der Waals surface area contributed by atoms with Gasteiger partial charge in [-0.1, -0.05) is 72.6 Å². The Labute approximate surface area is 218 Å². The summed E-state index contributed by atoms with van der Waals surface area (Å²) in [5.41, 5.74) is -0.257. The van der Waals surface area contributed by atoms with Crippen LogP contribution in [0.3, 0.4) is 0 Å². The van der Waals surface area contributed by atoms with E-state index in [2.05, 4.69) is 27.7 Å². The lowest BCUT2D eigenvalue weighted by atomic mass is 9.83. The van der Waals surface area contributed by atoms with E-state index in [9.17, 15) is 4.79 Å². The quantitative estimate of drug-likeness (QED) is 0.209. The zero-order chi connectivity index (χ0) is 30.5. The van der Waals surface area contributed by atoms with Gasteiger partial charge < -0.3 is 9.47 Å². The molecule has 0 aromatic heterocycles. The molecular weight excluding hydrogens is 420 g/mol. The molecule has 3 heteroatoms. The molecule has 0 N–H and O–H groups in total. The maximum Gasteiger partial charge on any atom is 0.308 e. The lowest BCUT2D eigenvalue weighted by molar-refractivity contribution is -0.132. The molecule has 1 aromatic carbocycles. The summed E-state index contributed by atoms with van der Waals surface area (Å²) in [6.45, 7) is 8.71. The van der Waals surface area contributed by atoms with Crippen molar-refractivity contribution in [3.05, 3.63) is 22.3 Å². The van der Waals surface area contributed by atoms with Gasteiger partial charge in [0.1, 0.15) is 17.1 Å². The lowest BCUT2D eigenvalue weighted by Gasteiger charge is -2.38. The van der Waals surface area contributed by atoms with Crippen molar-refractivity contribution in [2.24, 2.45) is 17.8 Å². The predicted molar refractivity (Wildman–Crippen MR) is 144 cm³/mol. The summed E-state index contributed by atoms with van der Waals surface area (Å²) in [5.74, 6) is 1.39. The number of esters is 1. The van der Waals surface area contributed by atoms with Crippen LogP contribution in [-0.4, -0.2) is 11.6 Å². The molecular formula is C31H52O3. The number of hydrogen-bond acceptors (Lipinski definition) is 3. The van der Waals surface area contributed by atoms with Gasteiger partial charge in [-0.05, 0) is 87.7 Å². The summed E-state index contributed by atoms with van der Waals surface area (Å²) < 4.78 is 60.6. The van der Waals surface area contributed by atoms with E-state index in [0.29, 0.717) is 35.6 Å². The fourth-order valence-electron chi connectivity index (χ4n) is 5.17. The van der Waals surface area contributed by atoms with Crippen molar-refractivity contribution in [2.45, 2.75) is 138 Å². The summed E-state index contributed by atoms with van der Waals surface area (Å²) in [6.07, 6.45) is 11.6. The molecule has 1 aliphatic heterocycles. The van der Waals surface area contributed by atoms with Crippen molar-refractivity contribution in [1.29, 1.82) is 0 Å². The first-order valence-electron chi connectivity index (χ1n) is 16.4. The van der Waals surface area contributed by atoms with Gasteiger partial charge in [0, 0.05) is 20.7 Å². The summed E-state index contributed by atoms with van der Waals surface area (Å²) in [4.78, 5) is 11.9. The van der Waals surface area contributed by atoms with Gasteiger partial charge in [-0.2, -0.15) is 0 Å². The second kappa shape index (κ2) is 13.0. The van der Waals surface area contributed by atoms with Crippen molar-refractivity contribution >= 4 is 5.97 Å². The summed E-state index contributed by atoms with van der Waals surface area (Å²) in [6, 6.07) is 0. The SMILES string of the molecule is [2H]C([2H])([2H])c1c(C)c2c(c(C([2H])([2H])[2H])c1OC(C)=O)CC[C@@](C)(CCC[C@H](C)CCC[C@H](C)CCCC(C)C)O2. The number of carbonyl (C=O) groups is 1. The number of carbonyl (C=O) groups excluding carboxylic acids is 1. The molecule has 34 heavy (non-hydrogen) atoms. The largest absolute Gasteiger partial charge is 0.487 e. The Hall–Kier alpha value is -1.51. The van der Waals surface area contributed by atoms with Gasteiger partial charge in [-0.3, -0.25) is 4.79 Å². The Morgan fingerprint density at radius 1 is 0.971 bits per heavy atom. The Morgan fingerprint density at radius 2 is 1.56 bits per heavy atom. The van der Waals surface area contributed by atoms with Crippen LogP contribution in [0, 0.1) is 38.4 Å². The fourth-order valence-corrected chi connectivity index (χ4v) is 5.17. The predicted octanol–water partition coefficient (Wildman–Crippen LogP) is 9.06. The topological polar surface area (TPSA) is 35.5 Å². The second-order valence-corrected chi connectivity index (χ2v) is 11.5. The molecule has 0 amide bonds. The normalized spacial score (nSPS) is 22.8. The summed E-state index contributed by atoms with van der Waals surface area (Å²) in [7, 11) is 0. The maximum atomic E-state index is 11.9. The molecule has 194 valence electrons. The number of ether oxygens (including phenoxy) is 2. The van der Waals surface area contributed by atoms with Crippen LogP contribution in [0.25, 0.3) is 0 Å².